The molecule has 1 N–H and O–H groups in total. The van der Waals surface area contributed by atoms with Crippen LogP contribution in [0.15, 0.2) is 33.5 Å². The van der Waals surface area contributed by atoms with Crippen molar-refractivity contribution in [3.63, 3.8) is 0 Å². The Labute approximate surface area is 170 Å². The third-order valence-corrected chi connectivity index (χ3v) is 6.89. The van der Waals surface area contributed by atoms with E-state index in [-0.39, 0.29) is 10.8 Å². The average Bonchev–Trinajstić information content (AvgIpc) is 3.26. The van der Waals surface area contributed by atoms with Crippen LogP contribution in [0, 0.1) is 20.8 Å². The van der Waals surface area contributed by atoms with E-state index in [4.69, 9.17) is 4.42 Å². The van der Waals surface area contributed by atoms with E-state index in [0.29, 0.717) is 28.7 Å². The molecule has 3 heterocycles. The normalized spacial score (nSPS) is 12.6. The molecule has 144 valence electrons. The van der Waals surface area contributed by atoms with Crippen LogP contribution in [0.2, 0.25) is 0 Å². The van der Waals surface area contributed by atoms with Crippen LogP contribution in [0.25, 0.3) is 21.7 Å². The minimum Gasteiger partial charge on any atom is -0.420 e. The third-order valence-electron chi connectivity index (χ3n) is 4.65. The molecule has 0 spiro atoms. The number of aromatic nitrogens is 4. The van der Waals surface area contributed by atoms with Crippen LogP contribution in [0.1, 0.15) is 39.9 Å². The molecule has 4 aromatic rings. The lowest BCUT2D eigenvalue weighted by molar-refractivity contribution is 0.509. The van der Waals surface area contributed by atoms with E-state index in [0.717, 1.165) is 20.8 Å². The minimum atomic E-state index is -0.0745. The van der Waals surface area contributed by atoms with E-state index in [2.05, 4.69) is 20.2 Å². The maximum absolute atomic E-state index is 12.4. The first-order valence-corrected chi connectivity index (χ1v) is 10.8. The number of thioether (sulfide) groups is 1. The predicted molar refractivity (Wildman–Crippen MR) is 114 cm³/mol. The predicted octanol–water partition coefficient (Wildman–Crippen LogP) is 4.95. The topological polar surface area (TPSA) is 84.7 Å². The highest BCUT2D eigenvalue weighted by molar-refractivity contribution is 7.98. The Morgan fingerprint density at radius 3 is 2.68 bits per heavy atom. The minimum absolute atomic E-state index is 0.0143. The number of hydrogen-bond acceptors (Lipinski definition) is 7. The number of nitrogens with zero attached hydrogens (tertiary/aromatic N) is 3. The molecule has 4 rings (SSSR count). The van der Waals surface area contributed by atoms with E-state index in [1.165, 1.54) is 5.56 Å². The van der Waals surface area contributed by atoms with Gasteiger partial charge in [-0.25, -0.2) is 4.98 Å². The average molecular weight is 413 g/mol. The van der Waals surface area contributed by atoms with Crippen LogP contribution in [-0.2, 0) is 5.75 Å². The summed E-state index contributed by atoms with van der Waals surface area (Å²) >= 11 is 3.16. The van der Waals surface area contributed by atoms with Crippen molar-refractivity contribution < 1.29 is 4.42 Å². The summed E-state index contributed by atoms with van der Waals surface area (Å²) in [6.45, 7) is 8.02. The quantitative estimate of drug-likeness (QED) is 0.499. The van der Waals surface area contributed by atoms with Crippen molar-refractivity contribution in [2.45, 2.75) is 38.7 Å². The number of rotatable bonds is 5. The van der Waals surface area contributed by atoms with Crippen LogP contribution in [-0.4, -0.2) is 20.2 Å². The second-order valence-corrected chi connectivity index (χ2v) is 9.27. The van der Waals surface area contributed by atoms with Gasteiger partial charge in [0.25, 0.3) is 5.56 Å². The highest BCUT2D eigenvalue weighted by Gasteiger charge is 2.17. The summed E-state index contributed by atoms with van der Waals surface area (Å²) in [6, 6.07) is 7.98. The van der Waals surface area contributed by atoms with Crippen LogP contribution < -0.4 is 5.56 Å². The highest BCUT2D eigenvalue weighted by Crippen LogP contribution is 2.32. The van der Waals surface area contributed by atoms with Gasteiger partial charge in [0.15, 0.2) is 0 Å². The molecule has 3 aromatic heterocycles. The number of H-pyrrole nitrogens is 1. The highest BCUT2D eigenvalue weighted by atomic mass is 32.2. The molecule has 0 aliphatic carbocycles. The standard InChI is InChI=1S/C20H20N4O2S2/c1-10-5-7-14(8-6-10)19-24-23-18(26-19)13(4)27-9-15-21-17(25)16-11(2)12(3)28-20(16)22-15/h5-8,13H,9H2,1-4H3,(H,21,22,25)/t13-/m1/s1. The van der Waals surface area contributed by atoms with Crippen molar-refractivity contribution in [2.75, 3.05) is 0 Å². The zero-order chi connectivity index (χ0) is 19.8. The largest absolute Gasteiger partial charge is 0.420 e. The Kier molecular flexibility index (Phi) is 5.07. The van der Waals surface area contributed by atoms with Gasteiger partial charge in [-0.1, -0.05) is 17.7 Å². The van der Waals surface area contributed by atoms with Crippen LogP contribution in [0.5, 0.6) is 0 Å². The number of thiophene rings is 1. The molecular weight excluding hydrogens is 392 g/mol. The number of benzene rings is 1. The molecule has 0 unspecified atom stereocenters. The summed E-state index contributed by atoms with van der Waals surface area (Å²) in [7, 11) is 0. The second kappa shape index (κ2) is 7.52. The van der Waals surface area contributed by atoms with Crippen molar-refractivity contribution in [1.29, 1.82) is 0 Å². The first kappa shape index (κ1) is 18.9. The Morgan fingerprint density at radius 1 is 1.18 bits per heavy atom. The van der Waals surface area contributed by atoms with Crippen LogP contribution >= 0.6 is 23.1 Å². The summed E-state index contributed by atoms with van der Waals surface area (Å²) in [4.78, 5) is 21.8. The van der Waals surface area contributed by atoms with Crippen molar-refractivity contribution >= 4 is 33.3 Å². The van der Waals surface area contributed by atoms with Crippen molar-refractivity contribution in [3.05, 3.63) is 62.3 Å². The monoisotopic (exact) mass is 412 g/mol. The van der Waals surface area contributed by atoms with E-state index in [9.17, 15) is 4.79 Å². The molecule has 8 heteroatoms. The van der Waals surface area contributed by atoms with Crippen LogP contribution in [0.3, 0.4) is 0 Å². The smallest absolute Gasteiger partial charge is 0.259 e. The van der Waals surface area contributed by atoms with Gasteiger partial charge in [-0.15, -0.1) is 33.3 Å². The summed E-state index contributed by atoms with van der Waals surface area (Å²) in [6.07, 6.45) is 0. The molecule has 0 radical (unpaired) electrons. The van der Waals surface area contributed by atoms with Gasteiger partial charge in [0, 0.05) is 10.4 Å². The molecule has 0 fully saturated rings. The van der Waals surface area contributed by atoms with Crippen molar-refractivity contribution in [2.24, 2.45) is 0 Å². The van der Waals surface area contributed by atoms with Crippen molar-refractivity contribution in [1.82, 2.24) is 20.2 Å². The molecule has 0 bridgehead atoms. The van der Waals surface area contributed by atoms with Gasteiger partial charge < -0.3 is 9.40 Å². The molecular formula is C20H20N4O2S2. The Hall–Kier alpha value is -2.45. The first-order chi connectivity index (χ1) is 13.4. The molecule has 1 atom stereocenters. The molecule has 0 saturated heterocycles. The number of aromatic amines is 1. The van der Waals surface area contributed by atoms with Gasteiger partial charge in [-0.05, 0) is 45.4 Å². The first-order valence-electron chi connectivity index (χ1n) is 8.93. The number of nitrogens with one attached hydrogen (secondary N) is 1. The summed E-state index contributed by atoms with van der Waals surface area (Å²) in [5.41, 5.74) is 3.02. The van der Waals surface area contributed by atoms with Gasteiger partial charge in [0.05, 0.1) is 16.4 Å². The third kappa shape index (κ3) is 3.62. The fourth-order valence-electron chi connectivity index (χ4n) is 2.85. The second-order valence-electron chi connectivity index (χ2n) is 6.74. The number of aryl methyl sites for hydroxylation is 3. The fraction of sp³-hybridized carbons (Fsp3) is 0.300. The fourth-order valence-corrected chi connectivity index (χ4v) is 4.69. The molecule has 1 aromatic carbocycles. The molecule has 0 aliphatic rings. The van der Waals surface area contributed by atoms with E-state index < -0.39 is 0 Å². The van der Waals surface area contributed by atoms with Crippen LogP contribution in [0.4, 0.5) is 0 Å². The van der Waals surface area contributed by atoms with Gasteiger partial charge in [-0.3, -0.25) is 4.79 Å². The zero-order valence-corrected chi connectivity index (χ0v) is 17.7. The van der Waals surface area contributed by atoms with Gasteiger partial charge in [-0.2, -0.15) is 0 Å². The number of hydrogen-bond donors (Lipinski definition) is 1. The van der Waals surface area contributed by atoms with Crippen molar-refractivity contribution in [3.8, 4) is 11.5 Å². The summed E-state index contributed by atoms with van der Waals surface area (Å²) < 4.78 is 5.84. The van der Waals surface area contributed by atoms with Gasteiger partial charge >= 0.3 is 0 Å². The molecule has 0 saturated carbocycles. The van der Waals surface area contributed by atoms with E-state index in [1.54, 1.807) is 23.1 Å². The SMILES string of the molecule is Cc1ccc(-c2nnc([C@@H](C)SCc3nc4sc(C)c(C)c4c(=O)[nH]3)o2)cc1. The molecule has 0 amide bonds. The number of fused-ring (bicyclic) bond motifs is 1. The maximum atomic E-state index is 12.4. The molecule has 28 heavy (non-hydrogen) atoms. The van der Waals surface area contributed by atoms with Gasteiger partial charge in [0.2, 0.25) is 11.8 Å². The summed E-state index contributed by atoms with van der Waals surface area (Å²) in [5, 5.41) is 9.02. The maximum Gasteiger partial charge on any atom is 0.259 e. The summed E-state index contributed by atoms with van der Waals surface area (Å²) in [5.74, 6) is 2.30. The Bertz CT molecular complexity index is 1190. The lowest BCUT2D eigenvalue weighted by atomic mass is 10.1. The zero-order valence-electron chi connectivity index (χ0n) is 16.1. The van der Waals surface area contributed by atoms with Gasteiger partial charge in [0.1, 0.15) is 10.7 Å². The molecule has 0 aliphatic heterocycles. The van der Waals surface area contributed by atoms with E-state index in [1.807, 2.05) is 52.0 Å². The Balaban J connectivity index is 1.49. The molecule has 6 nitrogen and oxygen atoms in total. The lowest BCUT2D eigenvalue weighted by Crippen LogP contribution is -2.11. The Morgan fingerprint density at radius 2 is 1.93 bits per heavy atom. The van der Waals surface area contributed by atoms with E-state index >= 15 is 0 Å². The lowest BCUT2D eigenvalue weighted by Gasteiger charge is -2.06.